The summed E-state index contributed by atoms with van der Waals surface area (Å²) < 4.78 is 10.7. The Labute approximate surface area is 148 Å². The third kappa shape index (κ3) is 5.08. The molecule has 5 heteroatoms. The molecule has 1 aromatic rings. The molecule has 0 heterocycles. The summed E-state index contributed by atoms with van der Waals surface area (Å²) in [6.07, 6.45) is 4.59. The highest BCUT2D eigenvalue weighted by molar-refractivity contribution is 5.94. The van der Waals surface area contributed by atoms with Crippen LogP contribution in [0.3, 0.4) is 0 Å². The van der Waals surface area contributed by atoms with Gasteiger partial charge in [0.15, 0.2) is 5.78 Å². The molecule has 5 nitrogen and oxygen atoms in total. The minimum absolute atomic E-state index is 0.171. The van der Waals surface area contributed by atoms with Crippen molar-refractivity contribution in [2.24, 2.45) is 5.92 Å². The summed E-state index contributed by atoms with van der Waals surface area (Å²) in [7, 11) is 0. The molecule has 0 aliphatic heterocycles. The van der Waals surface area contributed by atoms with Gasteiger partial charge in [0.25, 0.3) is 0 Å². The maximum atomic E-state index is 12.2. The Balaban J connectivity index is 2.12. The van der Waals surface area contributed by atoms with Gasteiger partial charge >= 0.3 is 5.97 Å². The predicted octanol–water partition coefficient (Wildman–Crippen LogP) is 3.93. The van der Waals surface area contributed by atoms with Crippen molar-refractivity contribution in [3.63, 3.8) is 0 Å². The van der Waals surface area contributed by atoms with Gasteiger partial charge in [-0.2, -0.15) is 0 Å². The van der Waals surface area contributed by atoms with E-state index in [1.54, 1.807) is 6.92 Å². The number of unbranched alkanes of at least 4 members (excludes halogenated alkanes) is 2. The van der Waals surface area contributed by atoms with Gasteiger partial charge in [0.2, 0.25) is 0 Å². The molecule has 1 aromatic carbocycles. The van der Waals surface area contributed by atoms with Crippen molar-refractivity contribution in [3.05, 3.63) is 41.7 Å². The lowest BCUT2D eigenvalue weighted by Crippen LogP contribution is -2.31. The average Bonchev–Trinajstić information content (AvgIpc) is 2.59. The third-order valence-corrected chi connectivity index (χ3v) is 4.32. The third-order valence-electron chi connectivity index (χ3n) is 4.32. The lowest BCUT2D eigenvalue weighted by molar-refractivity contribution is -0.148. The van der Waals surface area contributed by atoms with Gasteiger partial charge in [0, 0.05) is 18.4 Å². The number of hydrogen-bond acceptors (Lipinski definition) is 5. The zero-order valence-corrected chi connectivity index (χ0v) is 14.9. The molecule has 0 amide bonds. The quantitative estimate of drug-likeness (QED) is 0.570. The van der Waals surface area contributed by atoms with Crippen LogP contribution in [0.2, 0.25) is 0 Å². The van der Waals surface area contributed by atoms with E-state index in [1.165, 1.54) is 0 Å². The van der Waals surface area contributed by atoms with E-state index in [-0.39, 0.29) is 24.6 Å². The molecule has 0 saturated heterocycles. The Hall–Kier alpha value is -2.30. The first-order valence-electron chi connectivity index (χ1n) is 8.89. The number of aliphatic hydroxyl groups excluding tert-OH is 1. The molecule has 0 fully saturated rings. The molecular weight excluding hydrogens is 320 g/mol. The van der Waals surface area contributed by atoms with E-state index >= 15 is 0 Å². The monoisotopic (exact) mass is 346 g/mol. The highest BCUT2D eigenvalue weighted by atomic mass is 16.5. The van der Waals surface area contributed by atoms with Gasteiger partial charge in [-0.3, -0.25) is 9.59 Å². The minimum Gasteiger partial charge on any atom is -0.511 e. The molecule has 0 bridgehead atoms. The number of hydrogen-bond donors (Lipinski definition) is 1. The first-order chi connectivity index (χ1) is 12.1. The second-order valence-electron chi connectivity index (χ2n) is 6.20. The zero-order valence-electron chi connectivity index (χ0n) is 14.9. The molecule has 25 heavy (non-hydrogen) atoms. The number of benzene rings is 1. The second-order valence-corrected chi connectivity index (χ2v) is 6.20. The first-order valence-corrected chi connectivity index (χ1v) is 8.89. The van der Waals surface area contributed by atoms with E-state index in [9.17, 15) is 14.7 Å². The van der Waals surface area contributed by atoms with Crippen LogP contribution < -0.4 is 4.74 Å². The standard InChI is InChI=1S/C20H26O5/c1-3-5-6-11-25-16-9-7-14(8-10-16)17-12-15(21)13-18(22)19(17)20(23)24-4-2/h7-10,13,17,19,22H,3-6,11-12H2,1-2H3/t17-,19+/m0/s1. The molecule has 0 unspecified atom stereocenters. The molecule has 2 atom stereocenters. The van der Waals surface area contributed by atoms with Crippen molar-refractivity contribution in [3.8, 4) is 5.75 Å². The number of ether oxygens (including phenoxy) is 2. The van der Waals surface area contributed by atoms with Crippen LogP contribution in [0.25, 0.3) is 0 Å². The van der Waals surface area contributed by atoms with Crippen molar-refractivity contribution in [1.82, 2.24) is 0 Å². The largest absolute Gasteiger partial charge is 0.511 e. The van der Waals surface area contributed by atoms with Gasteiger partial charge in [-0.25, -0.2) is 0 Å². The smallest absolute Gasteiger partial charge is 0.317 e. The number of carbonyl (C=O) groups excluding carboxylic acids is 2. The summed E-state index contributed by atoms with van der Waals surface area (Å²) in [6.45, 7) is 4.76. The summed E-state index contributed by atoms with van der Waals surface area (Å²) >= 11 is 0. The molecule has 0 spiro atoms. The highest BCUT2D eigenvalue weighted by Gasteiger charge is 2.38. The maximum absolute atomic E-state index is 12.2. The number of allylic oxidation sites excluding steroid dienone is 1. The van der Waals surface area contributed by atoms with Crippen molar-refractivity contribution < 1.29 is 24.2 Å². The molecule has 0 aromatic heterocycles. The second kappa shape index (κ2) is 9.25. The highest BCUT2D eigenvalue weighted by Crippen LogP contribution is 2.37. The van der Waals surface area contributed by atoms with Gasteiger partial charge in [-0.15, -0.1) is 0 Å². The molecule has 0 saturated carbocycles. The van der Waals surface area contributed by atoms with E-state index in [1.807, 2.05) is 24.3 Å². The van der Waals surface area contributed by atoms with Crippen LogP contribution in [0.15, 0.2) is 36.1 Å². The fourth-order valence-corrected chi connectivity index (χ4v) is 3.04. The summed E-state index contributed by atoms with van der Waals surface area (Å²) in [5.74, 6) is -1.43. The van der Waals surface area contributed by atoms with Crippen LogP contribution in [0, 0.1) is 5.92 Å². The Morgan fingerprint density at radius 2 is 1.92 bits per heavy atom. The molecule has 1 aliphatic rings. The topological polar surface area (TPSA) is 72.8 Å². The zero-order chi connectivity index (χ0) is 18.2. The van der Waals surface area contributed by atoms with Crippen molar-refractivity contribution >= 4 is 11.8 Å². The van der Waals surface area contributed by atoms with Gasteiger partial charge in [-0.05, 0) is 31.0 Å². The maximum Gasteiger partial charge on any atom is 0.317 e. The Bertz CT molecular complexity index is 617. The number of ketones is 1. The SMILES string of the molecule is CCCCCOc1ccc([C@@H]2CC(=O)C=C(O)[C@@H]2C(=O)OCC)cc1. The number of esters is 1. The summed E-state index contributed by atoms with van der Waals surface area (Å²) in [5, 5.41) is 10.1. The normalized spacial score (nSPS) is 20.1. The number of carbonyl (C=O) groups is 2. The molecule has 1 N–H and O–H groups in total. The fraction of sp³-hybridized carbons (Fsp3) is 0.500. The van der Waals surface area contributed by atoms with Gasteiger partial charge < -0.3 is 14.6 Å². The fourth-order valence-electron chi connectivity index (χ4n) is 3.04. The molecule has 136 valence electrons. The van der Waals surface area contributed by atoms with E-state index in [0.29, 0.717) is 6.61 Å². The van der Waals surface area contributed by atoms with E-state index in [4.69, 9.17) is 9.47 Å². The van der Waals surface area contributed by atoms with Gasteiger partial charge in [0.05, 0.1) is 13.2 Å². The van der Waals surface area contributed by atoms with Crippen molar-refractivity contribution in [1.29, 1.82) is 0 Å². The minimum atomic E-state index is -0.839. The summed E-state index contributed by atoms with van der Waals surface area (Å²) in [4.78, 5) is 24.0. The van der Waals surface area contributed by atoms with Crippen LogP contribution in [-0.4, -0.2) is 30.1 Å². The van der Waals surface area contributed by atoms with Crippen LogP contribution >= 0.6 is 0 Å². The van der Waals surface area contributed by atoms with Crippen molar-refractivity contribution in [2.45, 2.75) is 45.4 Å². The molecule has 1 aliphatic carbocycles. The van der Waals surface area contributed by atoms with Crippen molar-refractivity contribution in [2.75, 3.05) is 13.2 Å². The molecule has 0 radical (unpaired) electrons. The summed E-state index contributed by atoms with van der Waals surface area (Å²) in [5.41, 5.74) is 0.812. The number of rotatable bonds is 8. The summed E-state index contributed by atoms with van der Waals surface area (Å²) in [6, 6.07) is 7.36. The Morgan fingerprint density at radius 1 is 1.20 bits per heavy atom. The van der Waals surface area contributed by atoms with Crippen LogP contribution in [0.1, 0.15) is 51.0 Å². The number of aliphatic hydroxyl groups is 1. The van der Waals surface area contributed by atoms with Crippen LogP contribution in [0.5, 0.6) is 5.75 Å². The first kappa shape index (κ1) is 19.0. The van der Waals surface area contributed by atoms with E-state index in [0.717, 1.165) is 36.7 Å². The average molecular weight is 346 g/mol. The van der Waals surface area contributed by atoms with Crippen LogP contribution in [0.4, 0.5) is 0 Å². The molecule has 2 rings (SSSR count). The van der Waals surface area contributed by atoms with Gasteiger partial charge in [-0.1, -0.05) is 31.9 Å². The predicted molar refractivity (Wildman–Crippen MR) is 94.7 cm³/mol. The lowest BCUT2D eigenvalue weighted by atomic mass is 9.77. The lowest BCUT2D eigenvalue weighted by Gasteiger charge is -2.28. The van der Waals surface area contributed by atoms with E-state index in [2.05, 4.69) is 6.92 Å². The Kier molecular flexibility index (Phi) is 7.04. The Morgan fingerprint density at radius 3 is 2.56 bits per heavy atom. The molecular formula is C20H26O5. The van der Waals surface area contributed by atoms with Crippen LogP contribution in [-0.2, 0) is 14.3 Å². The van der Waals surface area contributed by atoms with E-state index < -0.39 is 17.8 Å². The van der Waals surface area contributed by atoms with Gasteiger partial charge in [0.1, 0.15) is 17.4 Å².